The number of aldehydes is 2. The Morgan fingerprint density at radius 2 is 1.20 bits per heavy atom. The highest BCUT2D eigenvalue weighted by molar-refractivity contribution is 5.90. The third kappa shape index (κ3) is 6.08. The van der Waals surface area contributed by atoms with Crippen molar-refractivity contribution in [2.75, 3.05) is 13.1 Å². The normalized spacial score (nSPS) is 12.6. The number of carbonyl (C=O) groups is 4. The SMILES string of the molecule is C=CCNC(=O)C(CC=O)C(CC=O)C(=O)NCC=C. The predicted molar refractivity (Wildman–Crippen MR) is 74.8 cm³/mol. The van der Waals surface area contributed by atoms with Gasteiger partial charge in [0.15, 0.2) is 0 Å². The fraction of sp³-hybridized carbons (Fsp3) is 0.429. The van der Waals surface area contributed by atoms with Crippen LogP contribution in [0.2, 0.25) is 0 Å². The molecule has 2 atom stereocenters. The zero-order chi connectivity index (χ0) is 15.4. The van der Waals surface area contributed by atoms with E-state index in [4.69, 9.17) is 0 Å². The lowest BCUT2D eigenvalue weighted by molar-refractivity contribution is -0.136. The minimum absolute atomic E-state index is 0.122. The number of amides is 2. The summed E-state index contributed by atoms with van der Waals surface area (Å²) in [6.45, 7) is 7.39. The Bertz CT molecular complexity index is 343. The molecule has 0 bridgehead atoms. The topological polar surface area (TPSA) is 92.3 Å². The Morgan fingerprint density at radius 3 is 1.45 bits per heavy atom. The van der Waals surface area contributed by atoms with Gasteiger partial charge in [-0.15, -0.1) is 13.2 Å². The van der Waals surface area contributed by atoms with Crippen molar-refractivity contribution in [3.63, 3.8) is 0 Å². The van der Waals surface area contributed by atoms with Crippen LogP contribution in [-0.2, 0) is 19.2 Å². The summed E-state index contributed by atoms with van der Waals surface area (Å²) >= 11 is 0. The average molecular weight is 280 g/mol. The van der Waals surface area contributed by atoms with Crippen molar-refractivity contribution in [3.05, 3.63) is 25.3 Å². The van der Waals surface area contributed by atoms with Gasteiger partial charge in [-0.1, -0.05) is 12.2 Å². The predicted octanol–water partition coefficient (Wildman–Crippen LogP) is 0.00120. The van der Waals surface area contributed by atoms with Gasteiger partial charge in [-0.25, -0.2) is 0 Å². The van der Waals surface area contributed by atoms with Crippen LogP contribution in [-0.4, -0.2) is 37.5 Å². The Labute approximate surface area is 118 Å². The van der Waals surface area contributed by atoms with E-state index >= 15 is 0 Å². The number of carbonyl (C=O) groups excluding carboxylic acids is 4. The molecule has 20 heavy (non-hydrogen) atoms. The summed E-state index contributed by atoms with van der Waals surface area (Å²) in [7, 11) is 0. The van der Waals surface area contributed by atoms with Gasteiger partial charge >= 0.3 is 0 Å². The molecular weight excluding hydrogens is 260 g/mol. The summed E-state index contributed by atoms with van der Waals surface area (Å²) in [6, 6.07) is 0. The largest absolute Gasteiger partial charge is 0.352 e. The number of hydrogen-bond acceptors (Lipinski definition) is 4. The van der Waals surface area contributed by atoms with Crippen LogP contribution in [0.1, 0.15) is 12.8 Å². The second-order valence-electron chi connectivity index (χ2n) is 4.09. The first-order chi connectivity index (χ1) is 9.62. The van der Waals surface area contributed by atoms with Crippen molar-refractivity contribution < 1.29 is 19.2 Å². The second-order valence-corrected chi connectivity index (χ2v) is 4.09. The lowest BCUT2D eigenvalue weighted by Gasteiger charge is -2.22. The zero-order valence-corrected chi connectivity index (χ0v) is 11.3. The molecule has 6 nitrogen and oxygen atoms in total. The van der Waals surface area contributed by atoms with E-state index < -0.39 is 23.7 Å². The minimum Gasteiger partial charge on any atom is -0.352 e. The van der Waals surface area contributed by atoms with Crippen LogP contribution in [0.15, 0.2) is 25.3 Å². The molecule has 0 radical (unpaired) electrons. The Balaban J connectivity index is 4.99. The van der Waals surface area contributed by atoms with Crippen LogP contribution in [0, 0.1) is 11.8 Å². The average Bonchev–Trinajstić information content (AvgIpc) is 2.45. The van der Waals surface area contributed by atoms with E-state index in [0.29, 0.717) is 12.6 Å². The lowest BCUT2D eigenvalue weighted by Crippen LogP contribution is -2.42. The standard InChI is InChI=1S/C14H20N2O4/c1-3-7-15-13(19)11(5-9-17)12(6-10-18)14(20)16-8-4-2/h3-4,9-12H,1-2,5-8H2,(H,15,19)(H,16,20). The van der Waals surface area contributed by atoms with Crippen molar-refractivity contribution in [2.24, 2.45) is 11.8 Å². The van der Waals surface area contributed by atoms with Gasteiger partial charge in [-0.05, 0) is 0 Å². The molecule has 0 heterocycles. The highest BCUT2D eigenvalue weighted by Gasteiger charge is 2.32. The van der Waals surface area contributed by atoms with E-state index in [2.05, 4.69) is 23.8 Å². The van der Waals surface area contributed by atoms with Crippen molar-refractivity contribution in [1.29, 1.82) is 0 Å². The maximum absolute atomic E-state index is 12.0. The van der Waals surface area contributed by atoms with Gasteiger partial charge in [0.1, 0.15) is 12.6 Å². The van der Waals surface area contributed by atoms with E-state index in [9.17, 15) is 19.2 Å². The molecule has 6 heteroatoms. The first-order valence-electron chi connectivity index (χ1n) is 6.26. The maximum atomic E-state index is 12.0. The van der Waals surface area contributed by atoms with Gasteiger partial charge < -0.3 is 20.2 Å². The van der Waals surface area contributed by atoms with Crippen molar-refractivity contribution in [2.45, 2.75) is 12.8 Å². The lowest BCUT2D eigenvalue weighted by atomic mass is 9.86. The van der Waals surface area contributed by atoms with Gasteiger partial charge in [0, 0.05) is 25.9 Å². The zero-order valence-electron chi connectivity index (χ0n) is 11.3. The molecule has 0 aromatic carbocycles. The first-order valence-corrected chi connectivity index (χ1v) is 6.26. The van der Waals surface area contributed by atoms with E-state index in [1.807, 2.05) is 0 Å². The molecule has 0 saturated carbocycles. The minimum atomic E-state index is -0.873. The Morgan fingerprint density at radius 1 is 0.850 bits per heavy atom. The molecule has 110 valence electrons. The molecule has 2 amide bonds. The summed E-state index contributed by atoms with van der Waals surface area (Å²) in [5.41, 5.74) is 0. The van der Waals surface area contributed by atoms with Gasteiger partial charge in [-0.2, -0.15) is 0 Å². The summed E-state index contributed by atoms with van der Waals surface area (Å²) in [5.74, 6) is -2.64. The Kier molecular flexibility index (Phi) is 9.47. The molecule has 2 N–H and O–H groups in total. The van der Waals surface area contributed by atoms with Gasteiger partial charge in [0.2, 0.25) is 11.8 Å². The van der Waals surface area contributed by atoms with Crippen LogP contribution in [0.25, 0.3) is 0 Å². The third-order valence-corrected chi connectivity index (χ3v) is 2.70. The summed E-state index contributed by atoms with van der Waals surface area (Å²) in [5, 5.41) is 5.07. The molecule has 2 unspecified atom stereocenters. The van der Waals surface area contributed by atoms with E-state index in [1.165, 1.54) is 12.2 Å². The summed E-state index contributed by atoms with van der Waals surface area (Å²) in [6.07, 6.45) is 3.87. The van der Waals surface area contributed by atoms with E-state index in [1.54, 1.807) is 0 Å². The van der Waals surface area contributed by atoms with Gasteiger partial charge in [-0.3, -0.25) is 9.59 Å². The van der Waals surface area contributed by atoms with Gasteiger partial charge in [0.25, 0.3) is 0 Å². The summed E-state index contributed by atoms with van der Waals surface area (Å²) in [4.78, 5) is 45.3. The molecule has 0 aromatic rings. The third-order valence-electron chi connectivity index (χ3n) is 2.70. The fourth-order valence-corrected chi connectivity index (χ4v) is 1.72. The number of nitrogens with one attached hydrogen (secondary N) is 2. The fourth-order valence-electron chi connectivity index (χ4n) is 1.72. The quantitative estimate of drug-likeness (QED) is 0.411. The molecular formula is C14H20N2O4. The van der Waals surface area contributed by atoms with Crippen LogP contribution in [0.3, 0.4) is 0 Å². The van der Waals surface area contributed by atoms with Crippen LogP contribution < -0.4 is 10.6 Å². The van der Waals surface area contributed by atoms with Crippen molar-refractivity contribution >= 4 is 24.4 Å². The number of rotatable bonds is 11. The maximum Gasteiger partial charge on any atom is 0.224 e. The van der Waals surface area contributed by atoms with Crippen LogP contribution in [0.4, 0.5) is 0 Å². The monoisotopic (exact) mass is 280 g/mol. The van der Waals surface area contributed by atoms with Crippen LogP contribution in [0.5, 0.6) is 0 Å². The van der Waals surface area contributed by atoms with E-state index in [-0.39, 0.29) is 25.9 Å². The Hall–Kier alpha value is -2.24. The van der Waals surface area contributed by atoms with Gasteiger partial charge in [0.05, 0.1) is 11.8 Å². The molecule has 0 spiro atoms. The molecule has 0 saturated heterocycles. The van der Waals surface area contributed by atoms with Crippen molar-refractivity contribution in [3.8, 4) is 0 Å². The number of hydrogen-bond donors (Lipinski definition) is 2. The first kappa shape index (κ1) is 17.8. The molecule has 0 rings (SSSR count). The summed E-state index contributed by atoms with van der Waals surface area (Å²) < 4.78 is 0. The van der Waals surface area contributed by atoms with E-state index in [0.717, 1.165) is 0 Å². The molecule has 0 aliphatic heterocycles. The van der Waals surface area contributed by atoms with Crippen LogP contribution >= 0.6 is 0 Å². The molecule has 0 aliphatic rings. The molecule has 0 fully saturated rings. The molecule has 0 aliphatic carbocycles. The highest BCUT2D eigenvalue weighted by Crippen LogP contribution is 2.19. The van der Waals surface area contributed by atoms with Crippen molar-refractivity contribution in [1.82, 2.24) is 10.6 Å². The smallest absolute Gasteiger partial charge is 0.224 e. The molecule has 0 aromatic heterocycles. The second kappa shape index (κ2) is 10.7. The highest BCUT2D eigenvalue weighted by atomic mass is 16.2.